The summed E-state index contributed by atoms with van der Waals surface area (Å²) in [6, 6.07) is 16.6. The number of aromatic carboxylic acids is 1. The molecule has 0 amide bonds. The number of hydrogen-bond donors (Lipinski definition) is 4. The van der Waals surface area contributed by atoms with Crippen LogP contribution in [0.3, 0.4) is 0 Å². The molecule has 12 rings (SSSR count). The number of carboxylic acids is 1. The molecule has 88 heavy (non-hydrogen) atoms. The maximum Gasteiger partial charge on any atom is 1.00 e. The quantitative estimate of drug-likeness (QED) is 0.0145. The zero-order valence-corrected chi connectivity index (χ0v) is 58.6. The largest absolute Gasteiger partial charge is 1.00 e. The number of aryl methyl sites for hydroxylation is 4. The fraction of sp³-hybridized carbons (Fsp3) is 0.532. The number of aliphatic hydroxyl groups is 2. The number of nitrogens with one attached hydrogen (secondary N) is 1. The van der Waals surface area contributed by atoms with E-state index in [4.69, 9.17) is 66.0 Å². The zero-order valence-electron chi connectivity index (χ0n) is 51.0. The van der Waals surface area contributed by atoms with Crippen molar-refractivity contribution < 1.29 is 96.9 Å². The van der Waals surface area contributed by atoms with Gasteiger partial charge in [-0.25, -0.2) is 24.5 Å². The molecule has 3 aromatic heterocycles. The van der Waals surface area contributed by atoms with Crippen molar-refractivity contribution >= 4 is 90.4 Å². The Bertz CT molecular complexity index is 3060. The maximum absolute atomic E-state index is 12.5. The summed E-state index contributed by atoms with van der Waals surface area (Å²) in [4.78, 5) is 38.2. The Hall–Kier alpha value is -3.10. The van der Waals surface area contributed by atoms with Crippen LogP contribution in [0.15, 0.2) is 103 Å². The first-order valence-electron chi connectivity index (χ1n) is 28.7. The number of rotatable bonds is 24. The first-order chi connectivity index (χ1) is 41.2. The van der Waals surface area contributed by atoms with E-state index in [1.54, 1.807) is 73.3 Å². The van der Waals surface area contributed by atoms with Gasteiger partial charge in [0.1, 0.15) is 35.8 Å². The molecule has 6 aromatic rings. The Kier molecular flexibility index (Phi) is 35.8. The second-order valence-electron chi connectivity index (χ2n) is 21.7. The molecular formula is C62H85Cl2I2N6NaO14S. The number of nitrogens with zero attached hydrogens (tertiary/aromatic N) is 5. The molecule has 4 aliphatic carbocycles. The smallest absolute Gasteiger partial charge is 1.00 e. The Labute approximate surface area is 579 Å². The Balaban J connectivity index is 0.000000285. The summed E-state index contributed by atoms with van der Waals surface area (Å²) in [5.74, 6) is 4.34. The minimum atomic E-state index is -3.61. The number of epoxide rings is 2. The van der Waals surface area contributed by atoms with Gasteiger partial charge in [0.05, 0.1) is 84.9 Å². The van der Waals surface area contributed by atoms with Gasteiger partial charge in [-0.2, -0.15) is 8.42 Å². The predicted octanol–water partition coefficient (Wildman–Crippen LogP) is 8.49. The van der Waals surface area contributed by atoms with E-state index in [1.165, 1.54) is 57.4 Å². The molecule has 4 saturated carbocycles. The minimum absolute atomic E-state index is 0. The van der Waals surface area contributed by atoms with Crippen molar-refractivity contribution in [2.24, 2.45) is 23.7 Å². The molecule has 3 aromatic carbocycles. The molecule has 0 radical (unpaired) electrons. The van der Waals surface area contributed by atoms with Crippen LogP contribution in [-0.2, 0) is 55.8 Å². The summed E-state index contributed by atoms with van der Waals surface area (Å²) in [6.07, 6.45) is 20.6. The van der Waals surface area contributed by atoms with Crippen molar-refractivity contribution in [3.63, 3.8) is 0 Å². The van der Waals surface area contributed by atoms with Gasteiger partial charge in [-0.15, -0.1) is 0 Å². The number of carbonyl (C=O) groups excluding carboxylic acids is 1. The van der Waals surface area contributed by atoms with E-state index < -0.39 is 34.3 Å². The molecule has 2 aliphatic heterocycles. The van der Waals surface area contributed by atoms with Gasteiger partial charge in [-0.05, 0) is 196 Å². The van der Waals surface area contributed by atoms with Crippen LogP contribution in [0.4, 0.5) is 0 Å². The van der Waals surface area contributed by atoms with Crippen LogP contribution in [0.25, 0.3) is 0 Å². The van der Waals surface area contributed by atoms with Gasteiger partial charge in [0.2, 0.25) is 0 Å². The molecule has 5 heterocycles. The van der Waals surface area contributed by atoms with E-state index in [1.807, 2.05) is 55.3 Å². The fourth-order valence-corrected chi connectivity index (χ4v) is 10.0. The van der Waals surface area contributed by atoms with Gasteiger partial charge in [0.15, 0.2) is 0 Å². The molecule has 0 spiro atoms. The van der Waals surface area contributed by atoms with E-state index in [2.05, 4.69) is 65.1 Å². The average molecular weight is 1520 g/mol. The molecule has 0 unspecified atom stereocenters. The minimum Gasteiger partial charge on any atom is -1.00 e. The summed E-state index contributed by atoms with van der Waals surface area (Å²) < 4.78 is 65.9. The average Bonchev–Trinajstić information content (AvgIpc) is 4.14. The molecule has 4 N–H and O–H groups in total. The number of aromatic nitrogens is 6. The molecule has 482 valence electrons. The van der Waals surface area contributed by atoms with Gasteiger partial charge in [-0.1, -0.05) is 48.3 Å². The first kappa shape index (κ1) is 77.3. The molecule has 6 aliphatic rings. The van der Waals surface area contributed by atoms with Crippen LogP contribution in [0.1, 0.15) is 104 Å². The SMILES string of the molecule is C.C1CC1COC[C@H]1CO1.Cc1ccc(S(=O)(=O)OC[C@H]2CO2)cc1.Cc1ncc[nH]1.Cc1nccn1C[C@@H](O)COCC1CC1.Cc1nccn1C[C@H](COCC1CC1)OC(=O)c1ccc(I)cc1Cl.O=C(O)c1ccc(I)cc1Cl.OCC1CC1.[H-].[Na+]. The summed E-state index contributed by atoms with van der Waals surface area (Å²) in [5, 5.41) is 27.2. The van der Waals surface area contributed by atoms with Crippen molar-refractivity contribution in [1.82, 2.24) is 29.1 Å². The molecule has 26 heteroatoms. The molecule has 20 nitrogen and oxygen atoms in total. The number of benzene rings is 3. The van der Waals surface area contributed by atoms with Gasteiger partial charge in [-0.3, -0.25) is 4.18 Å². The normalized spacial score (nSPS) is 17.3. The Morgan fingerprint density at radius 1 is 0.693 bits per heavy atom. The molecule has 6 fully saturated rings. The number of aliphatic hydroxyl groups excluding tert-OH is 2. The number of imidazole rings is 3. The Morgan fingerprint density at radius 3 is 1.59 bits per heavy atom. The number of esters is 1. The second-order valence-corrected chi connectivity index (χ2v) is 26.6. The summed E-state index contributed by atoms with van der Waals surface area (Å²) in [7, 11) is -3.61. The molecule has 4 atom stereocenters. The second kappa shape index (κ2) is 40.8. The Morgan fingerprint density at radius 2 is 1.18 bits per heavy atom. The number of carbonyl (C=O) groups is 2. The van der Waals surface area contributed by atoms with Crippen LogP contribution >= 0.6 is 68.4 Å². The van der Waals surface area contributed by atoms with Gasteiger partial charge in [0, 0.05) is 70.7 Å². The van der Waals surface area contributed by atoms with Crippen molar-refractivity contribution in [1.29, 1.82) is 0 Å². The maximum atomic E-state index is 12.5. The van der Waals surface area contributed by atoms with E-state index in [0.29, 0.717) is 68.0 Å². The van der Waals surface area contributed by atoms with Crippen LogP contribution in [0.2, 0.25) is 10.0 Å². The number of H-pyrrole nitrogens is 1. The van der Waals surface area contributed by atoms with Gasteiger partial charge < -0.3 is 59.3 Å². The van der Waals surface area contributed by atoms with Gasteiger partial charge in [0.25, 0.3) is 10.1 Å². The van der Waals surface area contributed by atoms with E-state index >= 15 is 0 Å². The third kappa shape index (κ3) is 33.0. The fourth-order valence-electron chi connectivity index (χ4n) is 7.22. The summed E-state index contributed by atoms with van der Waals surface area (Å²) in [6.45, 7) is 14.9. The first-order valence-corrected chi connectivity index (χ1v) is 33.0. The molecule has 2 saturated heterocycles. The standard InChI is InChI=1S/C18H20ClIN2O3.C11H18N2O2.C10H12O4S.C7H4ClIO2.C7H12O2.C4H6N2.C4H8O.CH4.Na.H/c1-12-21-6-7-22(12)9-15(11-24-10-13-2-3-13)25-18(23)16-5-4-14(20)8-17(16)19;1-9-12-4-5-13(9)6-11(14)8-15-7-10-2-3-10;1-8-2-4-10(5-3-8)15(11,12)14-7-9-6-13-9;8-6-3-4(9)1-2-5(6)7(10)11;1-2-6(1)3-8-4-7-5-9-7;1-4-5-2-3-6-4;5-3-4-1-2-4;;;/h4-8,13,15H,2-3,9-11H2,1H3;4-5,10-11,14H,2-3,6-8H2,1H3;2-5,9H,6-7H2,1H3;1-3H,(H,10,11);6-7H,1-5H2;2-3H,1H3,(H,5,6);4-5H,1-3H2;1H4;;/q;;;;;;;;+1;-1/t15-;11-;9-;;7-;;;;;/m111.0...../s1. The summed E-state index contributed by atoms with van der Waals surface area (Å²) in [5.41, 5.74) is 1.53. The third-order valence-corrected chi connectivity index (χ3v) is 16.7. The number of halogens is 4. The van der Waals surface area contributed by atoms with Crippen LogP contribution in [0, 0.1) is 58.5 Å². The van der Waals surface area contributed by atoms with E-state index in [-0.39, 0.29) is 66.6 Å². The van der Waals surface area contributed by atoms with Crippen molar-refractivity contribution in [2.75, 3.05) is 66.1 Å². The third-order valence-electron chi connectivity index (χ3n) is 13.4. The summed E-state index contributed by atoms with van der Waals surface area (Å²) >= 11 is 16.0. The van der Waals surface area contributed by atoms with Crippen LogP contribution in [0.5, 0.6) is 0 Å². The molecule has 0 bridgehead atoms. The monoisotopic (exact) mass is 1520 g/mol. The molecular weight excluding hydrogens is 1430 g/mol. The van der Waals surface area contributed by atoms with E-state index in [9.17, 15) is 23.1 Å². The number of hydrogen-bond acceptors (Lipinski definition) is 16. The zero-order chi connectivity index (χ0) is 62.0. The topological polar surface area (TPSA) is 264 Å². The predicted molar refractivity (Wildman–Crippen MR) is 350 cm³/mol. The number of aromatic amines is 1. The number of ether oxygens (including phenoxy) is 6. The van der Waals surface area contributed by atoms with Crippen molar-refractivity contribution in [3.05, 3.63) is 149 Å². The number of carboxylic acid groups (broad SMARTS) is 1. The van der Waals surface area contributed by atoms with E-state index in [0.717, 1.165) is 75.0 Å². The van der Waals surface area contributed by atoms with Crippen molar-refractivity contribution in [2.45, 2.75) is 129 Å². The van der Waals surface area contributed by atoms with Crippen LogP contribution in [-0.4, -0.2) is 155 Å². The van der Waals surface area contributed by atoms with Crippen LogP contribution < -0.4 is 29.6 Å². The van der Waals surface area contributed by atoms with Gasteiger partial charge >= 0.3 is 41.5 Å². The van der Waals surface area contributed by atoms with Crippen molar-refractivity contribution in [3.8, 4) is 0 Å².